The summed E-state index contributed by atoms with van der Waals surface area (Å²) in [4.78, 5) is 53.2. The summed E-state index contributed by atoms with van der Waals surface area (Å²) in [7, 11) is 1.87. The maximum atomic E-state index is 14.5. The number of hydrogen-bond donors (Lipinski definition) is 1. The molecule has 0 aliphatic carbocycles. The standard InChI is InChI=1S/C28H24BrFN8O3/c1-15(39)26-19-8-16(17-9-20-27(31-11-17)36(2)14-32-20)6-7-21(19)38(35-26)13-25(40)37-12-18(30)10-22(37)28(41)34-24-5-3-4-23(29)33-24/h3-9,11,14,18,22H,10,12-13H2,1-2H3,(H,33,34,41)/t18-,22+/m1/s1. The molecule has 0 spiro atoms. The normalized spacial score (nSPS) is 16.9. The largest absolute Gasteiger partial charge is 0.326 e. The summed E-state index contributed by atoms with van der Waals surface area (Å²) < 4.78 is 18.3. The fourth-order valence-corrected chi connectivity index (χ4v) is 5.47. The van der Waals surface area contributed by atoms with Crippen molar-refractivity contribution in [3.63, 3.8) is 0 Å². The van der Waals surface area contributed by atoms with Crippen molar-refractivity contribution in [1.82, 2.24) is 34.2 Å². The Labute approximate surface area is 241 Å². The van der Waals surface area contributed by atoms with Crippen molar-refractivity contribution in [3.05, 3.63) is 65.3 Å². The topological polar surface area (TPSA) is 128 Å². The summed E-state index contributed by atoms with van der Waals surface area (Å²) in [5.41, 5.74) is 3.89. The molecule has 2 amide bonds. The Bertz CT molecular complexity index is 1850. The number of imidazole rings is 1. The number of fused-ring (bicyclic) bond motifs is 2. The zero-order chi connectivity index (χ0) is 28.8. The van der Waals surface area contributed by atoms with E-state index < -0.39 is 24.0 Å². The molecule has 1 aliphatic rings. The molecule has 6 rings (SSSR count). The van der Waals surface area contributed by atoms with Crippen LogP contribution < -0.4 is 5.32 Å². The van der Waals surface area contributed by atoms with Crippen LogP contribution in [-0.2, 0) is 23.2 Å². The molecule has 5 aromatic rings. The Morgan fingerprint density at radius 3 is 2.73 bits per heavy atom. The third kappa shape index (κ3) is 5.08. The molecule has 1 N–H and O–H groups in total. The van der Waals surface area contributed by atoms with Gasteiger partial charge in [-0.25, -0.2) is 19.3 Å². The number of anilines is 1. The molecule has 11 nitrogen and oxygen atoms in total. The highest BCUT2D eigenvalue weighted by Crippen LogP contribution is 2.29. The maximum absolute atomic E-state index is 14.5. The van der Waals surface area contributed by atoms with Crippen LogP contribution >= 0.6 is 15.9 Å². The molecule has 208 valence electrons. The number of Topliss-reactive ketones (excluding diaryl/α,β-unsaturated/α-hetero) is 1. The number of aryl methyl sites for hydroxylation is 1. The molecule has 5 heterocycles. The second-order valence-corrected chi connectivity index (χ2v) is 10.8. The summed E-state index contributed by atoms with van der Waals surface area (Å²) in [6.45, 7) is 0.928. The molecule has 0 saturated carbocycles. The van der Waals surface area contributed by atoms with E-state index in [9.17, 15) is 18.8 Å². The van der Waals surface area contributed by atoms with Gasteiger partial charge in [0, 0.05) is 37.5 Å². The van der Waals surface area contributed by atoms with E-state index in [0.29, 0.717) is 15.5 Å². The SMILES string of the molecule is CC(=O)c1nn(CC(=O)N2C[C@H](F)C[C@H]2C(=O)Nc2cccc(Br)n2)c2ccc(-c3cnc4c(c3)ncn4C)cc12. The number of halogens is 2. The van der Waals surface area contributed by atoms with E-state index in [4.69, 9.17) is 0 Å². The summed E-state index contributed by atoms with van der Waals surface area (Å²) in [6, 6.07) is 11.4. The Morgan fingerprint density at radius 1 is 1.12 bits per heavy atom. The van der Waals surface area contributed by atoms with Gasteiger partial charge in [0.05, 0.1) is 18.4 Å². The quantitative estimate of drug-likeness (QED) is 0.226. The van der Waals surface area contributed by atoms with E-state index in [-0.39, 0.29) is 36.8 Å². The third-order valence-electron chi connectivity index (χ3n) is 7.09. The van der Waals surface area contributed by atoms with Gasteiger partial charge in [0.2, 0.25) is 11.8 Å². The highest BCUT2D eigenvalue weighted by Gasteiger charge is 2.40. The van der Waals surface area contributed by atoms with Crippen molar-refractivity contribution in [2.45, 2.75) is 32.1 Å². The zero-order valence-electron chi connectivity index (χ0n) is 22.1. The number of pyridine rings is 2. The number of nitrogens with one attached hydrogen (secondary N) is 1. The predicted octanol–water partition coefficient (Wildman–Crippen LogP) is 3.92. The number of alkyl halides is 1. The molecular weight excluding hydrogens is 595 g/mol. The molecule has 2 atom stereocenters. The zero-order valence-corrected chi connectivity index (χ0v) is 23.7. The van der Waals surface area contributed by atoms with E-state index in [1.54, 1.807) is 36.8 Å². The highest BCUT2D eigenvalue weighted by atomic mass is 79.9. The van der Waals surface area contributed by atoms with E-state index in [1.165, 1.54) is 16.5 Å². The number of ketones is 1. The van der Waals surface area contributed by atoms with Crippen molar-refractivity contribution in [1.29, 1.82) is 0 Å². The Morgan fingerprint density at radius 2 is 1.95 bits per heavy atom. The molecule has 1 aliphatic heterocycles. The van der Waals surface area contributed by atoms with E-state index in [1.807, 2.05) is 29.8 Å². The lowest BCUT2D eigenvalue weighted by Crippen LogP contribution is -2.44. The van der Waals surface area contributed by atoms with Gasteiger partial charge in [-0.3, -0.25) is 19.1 Å². The molecule has 41 heavy (non-hydrogen) atoms. The van der Waals surface area contributed by atoms with Gasteiger partial charge in [-0.05, 0) is 51.8 Å². The Balaban J connectivity index is 1.28. The lowest BCUT2D eigenvalue weighted by atomic mass is 10.0. The molecule has 0 unspecified atom stereocenters. The minimum atomic E-state index is -1.35. The molecule has 0 bridgehead atoms. The molecule has 1 fully saturated rings. The smallest absolute Gasteiger partial charge is 0.248 e. The minimum absolute atomic E-state index is 0.123. The number of likely N-dealkylation sites (tertiary alicyclic amines) is 1. The highest BCUT2D eigenvalue weighted by molar-refractivity contribution is 9.10. The molecule has 0 radical (unpaired) electrons. The molecule has 1 saturated heterocycles. The summed E-state index contributed by atoms with van der Waals surface area (Å²) in [6.07, 6.45) is 1.96. The van der Waals surface area contributed by atoms with E-state index in [2.05, 4.69) is 41.3 Å². The number of amides is 2. The molecule has 1 aromatic carbocycles. The van der Waals surface area contributed by atoms with Crippen LogP contribution in [0.3, 0.4) is 0 Å². The van der Waals surface area contributed by atoms with Gasteiger partial charge in [0.1, 0.15) is 40.4 Å². The van der Waals surface area contributed by atoms with Crippen molar-refractivity contribution in [3.8, 4) is 11.1 Å². The Kier molecular flexibility index (Phi) is 6.81. The number of nitrogens with zero attached hydrogens (tertiary/aromatic N) is 7. The van der Waals surface area contributed by atoms with Crippen LogP contribution in [0.4, 0.5) is 10.2 Å². The fraction of sp³-hybridized carbons (Fsp3) is 0.250. The van der Waals surface area contributed by atoms with Gasteiger partial charge in [-0.15, -0.1) is 0 Å². The number of rotatable bonds is 6. The maximum Gasteiger partial charge on any atom is 0.248 e. The first-order valence-electron chi connectivity index (χ1n) is 12.8. The van der Waals surface area contributed by atoms with Gasteiger partial charge < -0.3 is 14.8 Å². The summed E-state index contributed by atoms with van der Waals surface area (Å²) >= 11 is 3.25. The molecular formula is C28H24BrFN8O3. The van der Waals surface area contributed by atoms with Crippen LogP contribution in [0.5, 0.6) is 0 Å². The summed E-state index contributed by atoms with van der Waals surface area (Å²) in [5.74, 6) is -0.986. The lowest BCUT2D eigenvalue weighted by Gasteiger charge is -2.23. The second-order valence-electron chi connectivity index (χ2n) is 9.95. The van der Waals surface area contributed by atoms with Crippen molar-refractivity contribution in [2.24, 2.45) is 7.05 Å². The first kappa shape index (κ1) is 26.7. The van der Waals surface area contributed by atoms with Gasteiger partial charge in [0.15, 0.2) is 11.4 Å². The number of aromatic nitrogens is 6. The minimum Gasteiger partial charge on any atom is -0.326 e. The van der Waals surface area contributed by atoms with Gasteiger partial charge in [-0.1, -0.05) is 12.1 Å². The first-order chi connectivity index (χ1) is 19.7. The van der Waals surface area contributed by atoms with E-state index >= 15 is 0 Å². The number of benzene rings is 1. The predicted molar refractivity (Wildman–Crippen MR) is 153 cm³/mol. The van der Waals surface area contributed by atoms with Crippen molar-refractivity contribution in [2.75, 3.05) is 11.9 Å². The van der Waals surface area contributed by atoms with Crippen LogP contribution in [0.15, 0.2) is 59.6 Å². The Hall–Kier alpha value is -4.52. The van der Waals surface area contributed by atoms with Gasteiger partial charge in [-0.2, -0.15) is 5.10 Å². The number of carbonyl (C=O) groups excluding carboxylic acids is 3. The molecule has 4 aromatic heterocycles. The summed E-state index contributed by atoms with van der Waals surface area (Å²) in [5, 5.41) is 7.66. The third-order valence-corrected chi connectivity index (χ3v) is 7.53. The van der Waals surface area contributed by atoms with Crippen LogP contribution in [0.1, 0.15) is 23.8 Å². The monoisotopic (exact) mass is 618 g/mol. The van der Waals surface area contributed by atoms with Crippen molar-refractivity contribution >= 4 is 61.4 Å². The fourth-order valence-electron chi connectivity index (χ4n) is 5.13. The number of carbonyl (C=O) groups is 3. The first-order valence-corrected chi connectivity index (χ1v) is 13.6. The molecule has 13 heteroatoms. The van der Waals surface area contributed by atoms with Crippen LogP contribution in [0.25, 0.3) is 33.2 Å². The average Bonchev–Trinajstić information content (AvgIpc) is 3.63. The van der Waals surface area contributed by atoms with Crippen LogP contribution in [0.2, 0.25) is 0 Å². The van der Waals surface area contributed by atoms with E-state index in [0.717, 1.165) is 22.3 Å². The van der Waals surface area contributed by atoms with Gasteiger partial charge >= 0.3 is 0 Å². The van der Waals surface area contributed by atoms with Crippen LogP contribution in [0, 0.1) is 0 Å². The lowest BCUT2D eigenvalue weighted by molar-refractivity contribution is -0.137. The second kappa shape index (κ2) is 10.5. The number of hydrogen-bond acceptors (Lipinski definition) is 7. The average molecular weight is 619 g/mol. The van der Waals surface area contributed by atoms with Crippen molar-refractivity contribution < 1.29 is 18.8 Å². The van der Waals surface area contributed by atoms with Gasteiger partial charge in [0.25, 0.3) is 0 Å². The van der Waals surface area contributed by atoms with Crippen LogP contribution in [-0.4, -0.2) is 70.6 Å².